The molecule has 1 N–H and O–H groups in total. The lowest BCUT2D eigenvalue weighted by atomic mass is 9.84. The summed E-state index contributed by atoms with van der Waals surface area (Å²) in [6, 6.07) is 5.93. The van der Waals surface area contributed by atoms with Crippen molar-refractivity contribution in [1.82, 2.24) is 0 Å². The number of nitriles is 1. The van der Waals surface area contributed by atoms with Crippen molar-refractivity contribution < 1.29 is 9.90 Å². The van der Waals surface area contributed by atoms with E-state index >= 15 is 0 Å². The van der Waals surface area contributed by atoms with Gasteiger partial charge in [0.1, 0.15) is 0 Å². The van der Waals surface area contributed by atoms with Crippen LogP contribution in [0.1, 0.15) is 35.3 Å². The van der Waals surface area contributed by atoms with Crippen molar-refractivity contribution in [2.24, 2.45) is 0 Å². The van der Waals surface area contributed by atoms with Crippen LogP contribution in [0.2, 0.25) is 0 Å². The summed E-state index contributed by atoms with van der Waals surface area (Å²) in [7, 11) is 0. The highest BCUT2D eigenvalue weighted by molar-refractivity contribution is 7.99. The number of benzene rings is 1. The predicted octanol–water partition coefficient (Wildman–Crippen LogP) is 2.83. The number of nitrogens with zero attached hydrogens (tertiary/aromatic N) is 1. The summed E-state index contributed by atoms with van der Waals surface area (Å²) in [6.07, 6.45) is 0.668. The average Bonchev–Trinajstić information content (AvgIpc) is 2.66. The highest BCUT2D eigenvalue weighted by Gasteiger charge is 2.36. The van der Waals surface area contributed by atoms with E-state index in [1.165, 1.54) is 0 Å². The van der Waals surface area contributed by atoms with Gasteiger partial charge in [-0.15, -0.1) is 11.8 Å². The van der Waals surface area contributed by atoms with Crippen LogP contribution in [-0.2, 0) is 11.8 Å². The van der Waals surface area contributed by atoms with Crippen LogP contribution in [0.3, 0.4) is 0 Å². The van der Waals surface area contributed by atoms with Gasteiger partial charge in [-0.3, -0.25) is 0 Å². The maximum Gasteiger partial charge on any atom is 0.336 e. The molecular weight excluding hydrogens is 234 g/mol. The van der Waals surface area contributed by atoms with Crippen LogP contribution in [0, 0.1) is 11.3 Å². The lowest BCUT2D eigenvalue weighted by Crippen LogP contribution is -2.19. The first-order valence-electron chi connectivity index (χ1n) is 5.46. The summed E-state index contributed by atoms with van der Waals surface area (Å²) in [5.41, 5.74) is 1.66. The summed E-state index contributed by atoms with van der Waals surface area (Å²) in [6.45, 7) is 3.84. The Bertz CT molecular complexity index is 533. The van der Waals surface area contributed by atoms with Crippen LogP contribution >= 0.6 is 11.8 Å². The van der Waals surface area contributed by atoms with Gasteiger partial charge in [0.05, 0.1) is 17.0 Å². The number of fused-ring (bicyclic) bond motifs is 1. The Morgan fingerprint density at radius 2 is 2.35 bits per heavy atom. The van der Waals surface area contributed by atoms with Crippen LogP contribution in [0.5, 0.6) is 0 Å². The third-order valence-electron chi connectivity index (χ3n) is 3.17. The van der Waals surface area contributed by atoms with Gasteiger partial charge in [-0.2, -0.15) is 5.26 Å². The fourth-order valence-corrected chi connectivity index (χ4v) is 3.36. The maximum absolute atomic E-state index is 11.1. The quantitative estimate of drug-likeness (QED) is 0.873. The van der Waals surface area contributed by atoms with Crippen molar-refractivity contribution in [2.45, 2.75) is 30.6 Å². The zero-order valence-corrected chi connectivity index (χ0v) is 10.6. The summed E-state index contributed by atoms with van der Waals surface area (Å²) >= 11 is 1.56. The molecule has 0 radical (unpaired) electrons. The first-order valence-corrected chi connectivity index (χ1v) is 6.45. The Balaban J connectivity index is 2.63. The minimum absolute atomic E-state index is 0.362. The van der Waals surface area contributed by atoms with E-state index in [1.54, 1.807) is 17.8 Å². The Kier molecular flexibility index (Phi) is 2.88. The zero-order chi connectivity index (χ0) is 12.6. The van der Waals surface area contributed by atoms with Gasteiger partial charge in [0.2, 0.25) is 0 Å². The van der Waals surface area contributed by atoms with E-state index in [1.807, 2.05) is 19.9 Å². The number of aromatic carboxylic acids is 1. The van der Waals surface area contributed by atoms with E-state index in [2.05, 4.69) is 6.07 Å². The normalized spacial score (nSPS) is 21.9. The van der Waals surface area contributed by atoms with Gasteiger partial charge in [-0.1, -0.05) is 13.0 Å². The lowest BCUT2D eigenvalue weighted by molar-refractivity contribution is 0.0695. The van der Waals surface area contributed by atoms with Crippen LogP contribution in [-0.4, -0.2) is 16.8 Å². The van der Waals surface area contributed by atoms with Crippen LogP contribution in [0.15, 0.2) is 17.0 Å². The van der Waals surface area contributed by atoms with E-state index in [4.69, 9.17) is 5.11 Å². The largest absolute Gasteiger partial charge is 0.478 e. The van der Waals surface area contributed by atoms with Crippen molar-refractivity contribution in [2.75, 3.05) is 5.75 Å². The van der Waals surface area contributed by atoms with Crippen molar-refractivity contribution >= 4 is 17.7 Å². The number of rotatable bonds is 2. The fourth-order valence-electron chi connectivity index (χ4n) is 2.06. The topological polar surface area (TPSA) is 61.1 Å². The zero-order valence-electron chi connectivity index (χ0n) is 9.78. The van der Waals surface area contributed by atoms with E-state index in [0.717, 1.165) is 16.0 Å². The van der Waals surface area contributed by atoms with Gasteiger partial charge < -0.3 is 5.11 Å². The van der Waals surface area contributed by atoms with E-state index in [9.17, 15) is 10.1 Å². The molecule has 0 bridgehead atoms. The van der Waals surface area contributed by atoms with E-state index in [-0.39, 0.29) is 0 Å². The third-order valence-corrected chi connectivity index (χ3v) is 4.54. The molecule has 2 rings (SSSR count). The Labute approximate surface area is 104 Å². The smallest absolute Gasteiger partial charge is 0.336 e. The van der Waals surface area contributed by atoms with Crippen LogP contribution in [0.25, 0.3) is 0 Å². The molecule has 17 heavy (non-hydrogen) atoms. The van der Waals surface area contributed by atoms with Gasteiger partial charge in [-0.25, -0.2) is 4.79 Å². The van der Waals surface area contributed by atoms with Crippen molar-refractivity contribution in [3.8, 4) is 6.07 Å². The third kappa shape index (κ3) is 1.81. The molecule has 0 saturated carbocycles. The fraction of sp³-hybridized carbons (Fsp3) is 0.385. The number of aryl methyl sites for hydroxylation is 1. The molecule has 0 amide bonds. The van der Waals surface area contributed by atoms with Gasteiger partial charge in [0, 0.05) is 10.6 Å². The molecule has 4 heteroatoms. The highest BCUT2D eigenvalue weighted by Crippen LogP contribution is 2.44. The molecule has 88 valence electrons. The maximum atomic E-state index is 11.1. The first-order chi connectivity index (χ1) is 8.01. The second kappa shape index (κ2) is 4.08. The number of thioether (sulfide) groups is 1. The molecule has 0 aliphatic carbocycles. The molecule has 0 fully saturated rings. The molecule has 1 aromatic carbocycles. The summed E-state index contributed by atoms with van der Waals surface area (Å²) < 4.78 is 0. The molecule has 1 unspecified atom stereocenters. The Morgan fingerprint density at radius 3 is 2.88 bits per heavy atom. The molecule has 3 nitrogen and oxygen atoms in total. The molecule has 1 aliphatic rings. The number of hydrogen-bond acceptors (Lipinski definition) is 3. The molecule has 0 saturated heterocycles. The first kappa shape index (κ1) is 12.0. The molecule has 0 spiro atoms. The summed E-state index contributed by atoms with van der Waals surface area (Å²) in [5.74, 6) is -0.193. The van der Waals surface area contributed by atoms with Crippen molar-refractivity contribution in [3.63, 3.8) is 0 Å². The van der Waals surface area contributed by atoms with E-state index in [0.29, 0.717) is 17.7 Å². The van der Waals surface area contributed by atoms with Crippen molar-refractivity contribution in [1.29, 1.82) is 5.26 Å². The summed E-state index contributed by atoms with van der Waals surface area (Å²) in [5, 5.41) is 18.4. The summed E-state index contributed by atoms with van der Waals surface area (Å²) in [4.78, 5) is 12.1. The average molecular weight is 247 g/mol. The monoisotopic (exact) mass is 247 g/mol. The van der Waals surface area contributed by atoms with Gasteiger partial charge in [-0.05, 0) is 30.5 Å². The highest BCUT2D eigenvalue weighted by atomic mass is 32.2. The van der Waals surface area contributed by atoms with Crippen molar-refractivity contribution in [3.05, 3.63) is 28.8 Å². The second-order valence-electron chi connectivity index (χ2n) is 4.40. The Morgan fingerprint density at radius 1 is 1.65 bits per heavy atom. The lowest BCUT2D eigenvalue weighted by Gasteiger charge is -2.16. The van der Waals surface area contributed by atoms with Gasteiger partial charge in [0.15, 0.2) is 0 Å². The molecule has 1 aromatic rings. The molecule has 1 heterocycles. The molecule has 1 atom stereocenters. The Hall–Kier alpha value is -1.47. The van der Waals surface area contributed by atoms with E-state index < -0.39 is 11.4 Å². The molecule has 1 aliphatic heterocycles. The molecule has 0 aromatic heterocycles. The van der Waals surface area contributed by atoms with Crippen LogP contribution in [0.4, 0.5) is 0 Å². The van der Waals surface area contributed by atoms with Gasteiger partial charge in [0.25, 0.3) is 0 Å². The predicted molar refractivity (Wildman–Crippen MR) is 66.5 cm³/mol. The SMILES string of the molecule is CCc1cc2c(cc1C(=O)O)SCC2(C)C#N. The second-order valence-corrected chi connectivity index (χ2v) is 5.41. The number of carbonyl (C=O) groups is 1. The van der Waals surface area contributed by atoms with Gasteiger partial charge >= 0.3 is 5.97 Å². The standard InChI is InChI=1S/C13H13NO2S/c1-3-8-4-10-11(5-9(8)12(15)16)17-7-13(10,2)6-14/h4-5H,3,7H2,1-2H3,(H,15,16). The number of carboxylic acids is 1. The number of hydrogen-bond donors (Lipinski definition) is 1. The minimum Gasteiger partial charge on any atom is -0.478 e. The number of carboxylic acid groups (broad SMARTS) is 1. The molecular formula is C13H13NO2S. The van der Waals surface area contributed by atoms with Crippen LogP contribution < -0.4 is 0 Å². The minimum atomic E-state index is -0.893.